The molecule has 2 heterocycles. The van der Waals surface area contributed by atoms with Crippen molar-refractivity contribution in [1.29, 1.82) is 0 Å². The molecule has 5 heteroatoms. The van der Waals surface area contributed by atoms with E-state index < -0.39 is 0 Å². The van der Waals surface area contributed by atoms with Crippen LogP contribution in [0.25, 0.3) is 0 Å². The molecule has 0 spiro atoms. The van der Waals surface area contributed by atoms with E-state index in [1.807, 2.05) is 23.7 Å². The third-order valence-corrected chi connectivity index (χ3v) is 5.37. The largest absolute Gasteiger partial charge is 0.334 e. The Morgan fingerprint density at radius 1 is 1.40 bits per heavy atom. The summed E-state index contributed by atoms with van der Waals surface area (Å²) in [7, 11) is 0. The van der Waals surface area contributed by atoms with E-state index in [-0.39, 0.29) is 6.04 Å². The SMILES string of the molecule is CCn1ccnc1C(NN)c1cc2c(s1)CCCCC2. The normalized spacial score (nSPS) is 16.7. The number of fused-ring (bicyclic) bond motifs is 1. The predicted molar refractivity (Wildman–Crippen MR) is 82.6 cm³/mol. The summed E-state index contributed by atoms with van der Waals surface area (Å²) in [6.45, 7) is 3.04. The van der Waals surface area contributed by atoms with Crippen LogP contribution in [0.1, 0.15) is 53.4 Å². The third-order valence-electron chi connectivity index (χ3n) is 4.06. The summed E-state index contributed by atoms with van der Waals surface area (Å²) in [6.07, 6.45) is 10.3. The van der Waals surface area contributed by atoms with Crippen LogP contribution >= 0.6 is 11.3 Å². The number of aromatic nitrogens is 2. The van der Waals surface area contributed by atoms with Gasteiger partial charge in [-0.15, -0.1) is 11.3 Å². The van der Waals surface area contributed by atoms with Gasteiger partial charge in [0.1, 0.15) is 11.9 Å². The van der Waals surface area contributed by atoms with E-state index in [0.29, 0.717) is 0 Å². The van der Waals surface area contributed by atoms with Gasteiger partial charge in [0.25, 0.3) is 0 Å². The van der Waals surface area contributed by atoms with Crippen molar-refractivity contribution < 1.29 is 0 Å². The summed E-state index contributed by atoms with van der Waals surface area (Å²) in [6, 6.07) is 2.34. The van der Waals surface area contributed by atoms with E-state index in [4.69, 9.17) is 5.84 Å². The molecule has 2 aromatic rings. The van der Waals surface area contributed by atoms with Crippen LogP contribution in [-0.2, 0) is 19.4 Å². The molecule has 1 atom stereocenters. The van der Waals surface area contributed by atoms with E-state index in [2.05, 4.69) is 28.0 Å². The molecular weight excluding hydrogens is 268 g/mol. The summed E-state index contributed by atoms with van der Waals surface area (Å²) in [5.41, 5.74) is 4.47. The quantitative estimate of drug-likeness (QED) is 0.517. The Balaban J connectivity index is 1.94. The van der Waals surface area contributed by atoms with Crippen molar-refractivity contribution in [3.63, 3.8) is 0 Å². The number of hydrogen-bond donors (Lipinski definition) is 2. The highest BCUT2D eigenvalue weighted by Crippen LogP contribution is 2.34. The van der Waals surface area contributed by atoms with Gasteiger partial charge in [-0.05, 0) is 44.2 Å². The molecule has 1 unspecified atom stereocenters. The van der Waals surface area contributed by atoms with Gasteiger partial charge in [0, 0.05) is 28.7 Å². The zero-order valence-corrected chi connectivity index (χ0v) is 12.7. The molecule has 1 aliphatic rings. The van der Waals surface area contributed by atoms with Crippen molar-refractivity contribution in [3.8, 4) is 0 Å². The van der Waals surface area contributed by atoms with Gasteiger partial charge in [-0.2, -0.15) is 0 Å². The number of thiophene rings is 1. The molecule has 3 N–H and O–H groups in total. The highest BCUT2D eigenvalue weighted by atomic mass is 32.1. The van der Waals surface area contributed by atoms with Crippen LogP contribution in [0.3, 0.4) is 0 Å². The number of aryl methyl sites for hydroxylation is 3. The van der Waals surface area contributed by atoms with Gasteiger partial charge in [0.15, 0.2) is 0 Å². The first-order chi connectivity index (χ1) is 9.83. The van der Waals surface area contributed by atoms with Crippen LogP contribution in [0, 0.1) is 0 Å². The fourth-order valence-electron chi connectivity index (χ4n) is 2.97. The number of nitrogens with one attached hydrogen (secondary N) is 1. The maximum Gasteiger partial charge on any atom is 0.132 e. The molecule has 0 radical (unpaired) electrons. The molecule has 0 bridgehead atoms. The number of hydrogen-bond acceptors (Lipinski definition) is 4. The minimum atomic E-state index is 0.00174. The fourth-order valence-corrected chi connectivity index (χ4v) is 4.28. The lowest BCUT2D eigenvalue weighted by molar-refractivity contribution is 0.567. The molecule has 0 saturated carbocycles. The topological polar surface area (TPSA) is 55.9 Å². The molecule has 4 nitrogen and oxygen atoms in total. The van der Waals surface area contributed by atoms with Gasteiger partial charge in [-0.1, -0.05) is 6.42 Å². The second-order valence-electron chi connectivity index (χ2n) is 5.33. The molecule has 20 heavy (non-hydrogen) atoms. The van der Waals surface area contributed by atoms with E-state index in [0.717, 1.165) is 12.4 Å². The zero-order chi connectivity index (χ0) is 13.9. The molecular formula is C15H22N4S. The molecule has 2 aromatic heterocycles. The van der Waals surface area contributed by atoms with Crippen molar-refractivity contribution >= 4 is 11.3 Å². The van der Waals surface area contributed by atoms with Crippen molar-refractivity contribution in [2.24, 2.45) is 5.84 Å². The van der Waals surface area contributed by atoms with Crippen molar-refractivity contribution in [2.45, 2.75) is 51.6 Å². The highest BCUT2D eigenvalue weighted by Gasteiger charge is 2.22. The van der Waals surface area contributed by atoms with E-state index >= 15 is 0 Å². The minimum absolute atomic E-state index is 0.00174. The number of nitrogens with zero attached hydrogens (tertiary/aromatic N) is 2. The first-order valence-corrected chi connectivity index (χ1v) is 8.23. The van der Waals surface area contributed by atoms with Gasteiger partial charge < -0.3 is 4.57 Å². The zero-order valence-electron chi connectivity index (χ0n) is 11.9. The Morgan fingerprint density at radius 3 is 3.05 bits per heavy atom. The summed E-state index contributed by atoms with van der Waals surface area (Å²) >= 11 is 1.90. The van der Waals surface area contributed by atoms with Gasteiger partial charge in [0.05, 0.1) is 0 Å². The molecule has 1 aliphatic carbocycles. The number of rotatable bonds is 4. The lowest BCUT2D eigenvalue weighted by Gasteiger charge is -2.15. The Kier molecular flexibility index (Phi) is 4.19. The second-order valence-corrected chi connectivity index (χ2v) is 6.50. The van der Waals surface area contributed by atoms with E-state index in [1.54, 1.807) is 4.88 Å². The van der Waals surface area contributed by atoms with E-state index in [9.17, 15) is 0 Å². The summed E-state index contributed by atoms with van der Waals surface area (Å²) in [5.74, 6) is 6.82. The van der Waals surface area contributed by atoms with Crippen LogP contribution in [0.15, 0.2) is 18.5 Å². The van der Waals surface area contributed by atoms with Gasteiger partial charge in [-0.3, -0.25) is 5.84 Å². The van der Waals surface area contributed by atoms with Crippen molar-refractivity contribution in [2.75, 3.05) is 0 Å². The van der Waals surface area contributed by atoms with Gasteiger partial charge in [-0.25, -0.2) is 10.4 Å². The molecule has 0 aromatic carbocycles. The molecule has 3 rings (SSSR count). The standard InChI is InChI=1S/C15H22N4S/c1-2-19-9-8-17-15(19)14(18-16)13-10-11-6-4-3-5-7-12(11)20-13/h8-10,14,18H,2-7,16H2,1H3. The molecule has 0 saturated heterocycles. The van der Waals surface area contributed by atoms with Crippen LogP contribution in [0.2, 0.25) is 0 Å². The Bertz CT molecular complexity index is 549. The average Bonchev–Trinajstić information content (AvgIpc) is 3.02. The van der Waals surface area contributed by atoms with Gasteiger partial charge >= 0.3 is 0 Å². The Hall–Kier alpha value is -1.17. The fraction of sp³-hybridized carbons (Fsp3) is 0.533. The summed E-state index contributed by atoms with van der Waals surface area (Å²) < 4.78 is 2.15. The average molecular weight is 290 g/mol. The first kappa shape index (κ1) is 13.8. The predicted octanol–water partition coefficient (Wildman–Crippen LogP) is 2.79. The third kappa shape index (κ3) is 2.53. The van der Waals surface area contributed by atoms with Gasteiger partial charge in [0.2, 0.25) is 0 Å². The number of nitrogens with two attached hydrogens (primary N) is 1. The highest BCUT2D eigenvalue weighted by molar-refractivity contribution is 7.12. The lowest BCUT2D eigenvalue weighted by atomic mass is 10.1. The summed E-state index contributed by atoms with van der Waals surface area (Å²) in [4.78, 5) is 7.33. The Morgan fingerprint density at radius 2 is 2.25 bits per heavy atom. The summed E-state index contributed by atoms with van der Waals surface area (Å²) in [5, 5.41) is 0. The van der Waals surface area contributed by atoms with Crippen LogP contribution in [0.4, 0.5) is 0 Å². The van der Waals surface area contributed by atoms with Crippen LogP contribution < -0.4 is 11.3 Å². The van der Waals surface area contributed by atoms with E-state index in [1.165, 1.54) is 42.5 Å². The number of hydrazine groups is 1. The maximum atomic E-state index is 5.81. The van der Waals surface area contributed by atoms with Crippen LogP contribution in [0.5, 0.6) is 0 Å². The minimum Gasteiger partial charge on any atom is -0.334 e. The molecule has 0 amide bonds. The smallest absolute Gasteiger partial charge is 0.132 e. The maximum absolute atomic E-state index is 5.81. The molecule has 0 aliphatic heterocycles. The Labute approximate surface area is 124 Å². The van der Waals surface area contributed by atoms with Crippen LogP contribution in [-0.4, -0.2) is 9.55 Å². The lowest BCUT2D eigenvalue weighted by Crippen LogP contribution is -2.30. The molecule has 0 fully saturated rings. The first-order valence-electron chi connectivity index (χ1n) is 7.42. The number of imidazole rings is 1. The van der Waals surface area contributed by atoms with Crippen molar-refractivity contribution in [1.82, 2.24) is 15.0 Å². The molecule has 108 valence electrons. The van der Waals surface area contributed by atoms with Crippen molar-refractivity contribution in [3.05, 3.63) is 39.6 Å². The second kappa shape index (κ2) is 6.08. The monoisotopic (exact) mass is 290 g/mol.